The minimum Gasteiger partial charge on any atom is -0.508 e. The van der Waals surface area contributed by atoms with Crippen molar-refractivity contribution >= 4 is 6.47 Å². The third-order valence-corrected chi connectivity index (χ3v) is 3.65. The van der Waals surface area contributed by atoms with E-state index in [9.17, 15) is 9.90 Å². The van der Waals surface area contributed by atoms with Crippen LogP contribution < -0.4 is 4.74 Å². The van der Waals surface area contributed by atoms with E-state index in [1.54, 1.807) is 12.1 Å². The van der Waals surface area contributed by atoms with Gasteiger partial charge in [0, 0.05) is 11.1 Å². The van der Waals surface area contributed by atoms with E-state index < -0.39 is 0 Å². The van der Waals surface area contributed by atoms with E-state index >= 15 is 0 Å². The second-order valence-corrected chi connectivity index (χ2v) is 4.33. The molecule has 0 saturated heterocycles. The number of phenols is 1. The number of fused-ring (bicyclic) bond motifs is 5. The number of ether oxygens (including phenoxy) is 1. The third-order valence-electron chi connectivity index (χ3n) is 3.65. The van der Waals surface area contributed by atoms with Crippen molar-refractivity contribution in [2.45, 2.75) is 31.1 Å². The summed E-state index contributed by atoms with van der Waals surface area (Å²) in [5.41, 5.74) is 2.09. The van der Waals surface area contributed by atoms with Crippen LogP contribution in [0.4, 0.5) is 0 Å². The average Bonchev–Trinajstić information content (AvgIpc) is 2.83. The van der Waals surface area contributed by atoms with Crippen LogP contribution in [0.5, 0.6) is 11.5 Å². The van der Waals surface area contributed by atoms with Gasteiger partial charge in [0.2, 0.25) is 0 Å². The number of benzene rings is 1. The van der Waals surface area contributed by atoms with Crippen molar-refractivity contribution in [3.63, 3.8) is 0 Å². The van der Waals surface area contributed by atoms with Crippen LogP contribution in [0.3, 0.4) is 0 Å². The Morgan fingerprint density at radius 3 is 2.73 bits per heavy atom. The van der Waals surface area contributed by atoms with Gasteiger partial charge in [-0.25, -0.2) is 0 Å². The summed E-state index contributed by atoms with van der Waals surface area (Å²) < 4.78 is 4.96. The van der Waals surface area contributed by atoms with E-state index in [0.717, 1.165) is 30.4 Å². The molecule has 1 N–H and O–H groups in total. The quantitative estimate of drug-likeness (QED) is 0.752. The van der Waals surface area contributed by atoms with Gasteiger partial charge < -0.3 is 9.84 Å². The summed E-state index contributed by atoms with van der Waals surface area (Å²) in [7, 11) is 0. The molecule has 3 nitrogen and oxygen atoms in total. The van der Waals surface area contributed by atoms with Crippen LogP contribution in [0.1, 0.15) is 42.2 Å². The lowest BCUT2D eigenvalue weighted by Crippen LogP contribution is -2.02. The normalized spacial score (nSPS) is 26.4. The Hall–Kier alpha value is -1.51. The molecule has 0 heterocycles. The van der Waals surface area contributed by atoms with Gasteiger partial charge in [-0.2, -0.15) is 0 Å². The minimum atomic E-state index is 0.357. The lowest BCUT2D eigenvalue weighted by molar-refractivity contribution is -0.120. The fraction of sp³-hybridized carbons (Fsp3) is 0.417. The molecule has 1 aromatic rings. The summed E-state index contributed by atoms with van der Waals surface area (Å²) in [5, 5.41) is 9.80. The zero-order chi connectivity index (χ0) is 10.4. The number of hydrogen-bond acceptors (Lipinski definition) is 3. The second-order valence-electron chi connectivity index (χ2n) is 4.33. The lowest BCUT2D eigenvalue weighted by Gasteiger charge is -2.18. The fourth-order valence-electron chi connectivity index (χ4n) is 3.12. The topological polar surface area (TPSA) is 46.5 Å². The highest BCUT2D eigenvalue weighted by Gasteiger charge is 2.40. The van der Waals surface area contributed by atoms with Gasteiger partial charge in [0.1, 0.15) is 11.5 Å². The van der Waals surface area contributed by atoms with Gasteiger partial charge >= 0.3 is 0 Å². The van der Waals surface area contributed by atoms with Crippen molar-refractivity contribution in [1.29, 1.82) is 0 Å². The summed E-state index contributed by atoms with van der Waals surface area (Å²) in [5.74, 6) is 1.94. The van der Waals surface area contributed by atoms with Gasteiger partial charge in [-0.1, -0.05) is 0 Å². The second kappa shape index (κ2) is 2.99. The van der Waals surface area contributed by atoms with Crippen LogP contribution in [-0.4, -0.2) is 11.6 Å². The summed E-state index contributed by atoms with van der Waals surface area (Å²) in [6, 6.07) is 3.31. The minimum absolute atomic E-state index is 0.357. The maximum atomic E-state index is 10.4. The van der Waals surface area contributed by atoms with Gasteiger partial charge in [0.15, 0.2) is 0 Å². The molecule has 2 atom stereocenters. The monoisotopic (exact) mass is 204 g/mol. The molecule has 2 aliphatic rings. The fourth-order valence-corrected chi connectivity index (χ4v) is 3.12. The van der Waals surface area contributed by atoms with E-state index in [0.29, 0.717) is 29.8 Å². The van der Waals surface area contributed by atoms with Crippen molar-refractivity contribution < 1.29 is 14.6 Å². The number of carbonyl (C=O) groups is 1. The van der Waals surface area contributed by atoms with Crippen molar-refractivity contribution in [2.24, 2.45) is 0 Å². The Morgan fingerprint density at radius 1 is 1.27 bits per heavy atom. The van der Waals surface area contributed by atoms with Crippen molar-refractivity contribution in [2.75, 3.05) is 0 Å². The first-order chi connectivity index (χ1) is 7.31. The number of phenolic OH excluding ortho intramolecular Hbond substituents is 1. The molecule has 0 aromatic heterocycles. The molecule has 0 spiro atoms. The molecule has 2 bridgehead atoms. The predicted molar refractivity (Wildman–Crippen MR) is 54.1 cm³/mol. The largest absolute Gasteiger partial charge is 0.508 e. The zero-order valence-electron chi connectivity index (χ0n) is 8.27. The Morgan fingerprint density at radius 2 is 2.00 bits per heavy atom. The van der Waals surface area contributed by atoms with Crippen LogP contribution in [0.25, 0.3) is 0 Å². The highest BCUT2D eigenvalue weighted by atomic mass is 16.5. The van der Waals surface area contributed by atoms with Gasteiger partial charge in [0.25, 0.3) is 6.47 Å². The molecule has 0 radical (unpaired) electrons. The number of rotatable bonds is 2. The summed E-state index contributed by atoms with van der Waals surface area (Å²) in [6.45, 7) is 0.457. The Bertz CT molecular complexity index is 425. The van der Waals surface area contributed by atoms with Crippen molar-refractivity contribution in [3.05, 3.63) is 23.3 Å². The maximum absolute atomic E-state index is 10.4. The molecule has 1 fully saturated rings. The molecule has 1 aromatic carbocycles. The van der Waals surface area contributed by atoms with Crippen molar-refractivity contribution in [3.8, 4) is 11.5 Å². The molecule has 78 valence electrons. The van der Waals surface area contributed by atoms with Crippen LogP contribution in [0.2, 0.25) is 0 Å². The molecular formula is C12H12O3. The van der Waals surface area contributed by atoms with E-state index in [4.69, 9.17) is 4.74 Å². The van der Waals surface area contributed by atoms with Crippen LogP contribution in [0.15, 0.2) is 12.1 Å². The van der Waals surface area contributed by atoms with Gasteiger partial charge in [-0.05, 0) is 43.2 Å². The number of carbonyl (C=O) groups excluding carboxylic acids is 1. The number of hydrogen-bond donors (Lipinski definition) is 1. The SMILES string of the molecule is O=COc1ccc(O)c2c1[C@@H]1CC[C@H]2C1. The van der Waals surface area contributed by atoms with Gasteiger partial charge in [-0.3, -0.25) is 4.79 Å². The Kier molecular flexibility index (Phi) is 1.75. The van der Waals surface area contributed by atoms with E-state index in [1.807, 2.05) is 0 Å². The molecule has 3 rings (SSSR count). The molecule has 3 heteroatoms. The first-order valence-electron chi connectivity index (χ1n) is 5.27. The summed E-state index contributed by atoms with van der Waals surface area (Å²) in [6.07, 6.45) is 3.40. The van der Waals surface area contributed by atoms with Gasteiger partial charge in [-0.15, -0.1) is 0 Å². The number of aromatic hydroxyl groups is 1. The molecule has 1 saturated carbocycles. The Balaban J connectivity index is 2.18. The summed E-state index contributed by atoms with van der Waals surface area (Å²) >= 11 is 0. The van der Waals surface area contributed by atoms with E-state index in [1.165, 1.54) is 0 Å². The van der Waals surface area contributed by atoms with Crippen LogP contribution in [0, 0.1) is 0 Å². The zero-order valence-corrected chi connectivity index (χ0v) is 8.27. The Labute approximate surface area is 87.7 Å². The maximum Gasteiger partial charge on any atom is 0.298 e. The van der Waals surface area contributed by atoms with Crippen LogP contribution in [-0.2, 0) is 4.79 Å². The van der Waals surface area contributed by atoms with E-state index in [-0.39, 0.29) is 0 Å². The first-order valence-corrected chi connectivity index (χ1v) is 5.27. The lowest BCUT2D eigenvalue weighted by atomic mass is 9.90. The first kappa shape index (κ1) is 8.77. The molecule has 2 aliphatic carbocycles. The predicted octanol–water partition coefficient (Wildman–Crippen LogP) is 2.29. The third kappa shape index (κ3) is 1.09. The molecule has 0 amide bonds. The smallest absolute Gasteiger partial charge is 0.298 e. The average molecular weight is 204 g/mol. The summed E-state index contributed by atoms with van der Waals surface area (Å²) in [4.78, 5) is 10.4. The molecule has 15 heavy (non-hydrogen) atoms. The highest BCUT2D eigenvalue weighted by molar-refractivity contribution is 5.59. The highest BCUT2D eigenvalue weighted by Crippen LogP contribution is 2.58. The van der Waals surface area contributed by atoms with Crippen molar-refractivity contribution in [1.82, 2.24) is 0 Å². The molecular weight excluding hydrogens is 192 g/mol. The molecule has 0 unspecified atom stereocenters. The van der Waals surface area contributed by atoms with E-state index in [2.05, 4.69) is 0 Å². The van der Waals surface area contributed by atoms with Crippen LogP contribution >= 0.6 is 0 Å². The molecule has 0 aliphatic heterocycles. The van der Waals surface area contributed by atoms with Gasteiger partial charge in [0.05, 0.1) is 0 Å². The standard InChI is InChI=1S/C12H12O3/c13-6-15-10-4-3-9(14)11-7-1-2-8(5-7)12(10)11/h3-4,6-8,14H,1-2,5H2/t7-,8+/m0/s1.